The molecule has 1 heterocycles. The predicted octanol–water partition coefficient (Wildman–Crippen LogP) is 3.84. The first-order valence-electron chi connectivity index (χ1n) is 6.07. The Morgan fingerprint density at radius 3 is 2.33 bits per heavy atom. The third-order valence-electron chi connectivity index (χ3n) is 2.77. The summed E-state index contributed by atoms with van der Waals surface area (Å²) in [7, 11) is 0. The van der Waals surface area contributed by atoms with Gasteiger partial charge in [0.25, 0.3) is 0 Å². The zero-order valence-electron chi connectivity index (χ0n) is 10.2. The van der Waals surface area contributed by atoms with E-state index >= 15 is 0 Å². The van der Waals surface area contributed by atoms with Gasteiger partial charge in [-0.1, -0.05) is 56.5 Å². The molecule has 1 aromatic carbocycles. The topological polar surface area (TPSA) is 12.0 Å². The van der Waals surface area contributed by atoms with Crippen LogP contribution >= 0.6 is 0 Å². The number of unbranched alkanes of at least 4 members (excludes halogenated alkanes) is 1. The minimum absolute atomic E-state index is 0.634. The van der Waals surface area contributed by atoms with E-state index in [0.29, 0.717) is 6.04 Å². The van der Waals surface area contributed by atoms with Gasteiger partial charge in [0.15, 0.2) is 0 Å². The summed E-state index contributed by atoms with van der Waals surface area (Å²) in [5, 5.41) is 3.39. The van der Waals surface area contributed by atoms with E-state index in [2.05, 4.69) is 50.4 Å². The fourth-order valence-electron chi connectivity index (χ4n) is 1.46. The van der Waals surface area contributed by atoms with Crippen molar-refractivity contribution in [2.24, 2.45) is 0 Å². The molecule has 1 aromatic rings. The summed E-state index contributed by atoms with van der Waals surface area (Å²) in [6, 6.07) is 9.36. The molecular formula is C14H23N. The van der Waals surface area contributed by atoms with Gasteiger partial charge >= 0.3 is 0 Å². The second-order valence-corrected chi connectivity index (χ2v) is 4.21. The first kappa shape index (κ1) is 12.3. The quantitative estimate of drug-likeness (QED) is 0.773. The Morgan fingerprint density at radius 1 is 1.27 bits per heavy atom. The molecule has 0 aliphatic carbocycles. The molecule has 1 fully saturated rings. The number of hydrogen-bond donors (Lipinski definition) is 1. The van der Waals surface area contributed by atoms with Crippen molar-refractivity contribution in [3.05, 3.63) is 35.4 Å². The summed E-state index contributed by atoms with van der Waals surface area (Å²) in [5.41, 5.74) is 2.80. The number of aryl methyl sites for hydroxylation is 1. The molecule has 1 saturated heterocycles. The van der Waals surface area contributed by atoms with E-state index in [0.717, 1.165) is 0 Å². The normalized spacial score (nSPS) is 18.7. The third-order valence-corrected chi connectivity index (χ3v) is 2.77. The molecule has 0 saturated carbocycles. The monoisotopic (exact) mass is 205 g/mol. The average molecular weight is 205 g/mol. The van der Waals surface area contributed by atoms with Crippen LogP contribution in [0.2, 0.25) is 0 Å². The van der Waals surface area contributed by atoms with Crippen LogP contribution in [0.1, 0.15) is 50.3 Å². The maximum Gasteiger partial charge on any atom is 0.0332 e. The maximum atomic E-state index is 3.39. The minimum Gasteiger partial charge on any atom is -0.310 e. The van der Waals surface area contributed by atoms with E-state index in [1.165, 1.54) is 36.9 Å². The zero-order valence-corrected chi connectivity index (χ0v) is 10.2. The molecule has 2 rings (SSSR count). The molecule has 1 aliphatic rings. The van der Waals surface area contributed by atoms with Gasteiger partial charge in [0.2, 0.25) is 0 Å². The average Bonchev–Trinajstić information content (AvgIpc) is 2.16. The van der Waals surface area contributed by atoms with Crippen molar-refractivity contribution in [2.75, 3.05) is 6.54 Å². The van der Waals surface area contributed by atoms with Crippen LogP contribution in [-0.4, -0.2) is 6.54 Å². The van der Waals surface area contributed by atoms with Crippen LogP contribution in [0.3, 0.4) is 0 Å². The Bertz CT molecular complexity index is 274. The highest BCUT2D eigenvalue weighted by atomic mass is 15.0. The molecule has 0 radical (unpaired) electrons. The second-order valence-electron chi connectivity index (χ2n) is 4.21. The van der Waals surface area contributed by atoms with Crippen molar-refractivity contribution in [3.8, 4) is 0 Å². The van der Waals surface area contributed by atoms with E-state index in [4.69, 9.17) is 0 Å². The van der Waals surface area contributed by atoms with Crippen LogP contribution in [0.4, 0.5) is 0 Å². The summed E-state index contributed by atoms with van der Waals surface area (Å²) in [6.45, 7) is 7.68. The Hall–Kier alpha value is -0.820. The minimum atomic E-state index is 0.634. The van der Waals surface area contributed by atoms with Gasteiger partial charge in [-0.25, -0.2) is 0 Å². The first-order valence-corrected chi connectivity index (χ1v) is 6.07. The lowest BCUT2D eigenvalue weighted by atomic mass is 9.97. The van der Waals surface area contributed by atoms with Gasteiger partial charge in [-0.05, 0) is 25.5 Å². The summed E-state index contributed by atoms with van der Waals surface area (Å²) < 4.78 is 0. The van der Waals surface area contributed by atoms with Crippen molar-refractivity contribution < 1.29 is 0 Å². The summed E-state index contributed by atoms with van der Waals surface area (Å²) in [6.07, 6.45) is 3.93. The molecule has 1 N–H and O–H groups in total. The van der Waals surface area contributed by atoms with Crippen LogP contribution in [0.5, 0.6) is 0 Å². The molecule has 0 aromatic heterocycles. The molecule has 0 spiro atoms. The lowest BCUT2D eigenvalue weighted by Gasteiger charge is -2.28. The standard InChI is InChI=1S/C10H13N.C4H10/c1-8-3-2-4-9(7-8)10-5-6-11-10;1-3-4-2/h2-4,7,10-11H,5-6H2,1H3;3-4H2,1-2H3. The smallest absolute Gasteiger partial charge is 0.0332 e. The largest absolute Gasteiger partial charge is 0.310 e. The predicted molar refractivity (Wildman–Crippen MR) is 67.1 cm³/mol. The molecular weight excluding hydrogens is 182 g/mol. The molecule has 1 unspecified atom stereocenters. The zero-order chi connectivity index (χ0) is 11.1. The van der Waals surface area contributed by atoms with E-state index < -0.39 is 0 Å². The highest BCUT2D eigenvalue weighted by Crippen LogP contribution is 2.22. The molecule has 15 heavy (non-hydrogen) atoms. The molecule has 1 nitrogen and oxygen atoms in total. The van der Waals surface area contributed by atoms with Crippen molar-refractivity contribution in [2.45, 2.75) is 46.1 Å². The van der Waals surface area contributed by atoms with Gasteiger partial charge in [0.05, 0.1) is 0 Å². The van der Waals surface area contributed by atoms with Gasteiger partial charge in [-0.2, -0.15) is 0 Å². The molecule has 1 aliphatic heterocycles. The Labute approximate surface area is 93.9 Å². The van der Waals surface area contributed by atoms with Crippen LogP contribution < -0.4 is 5.32 Å². The lowest BCUT2D eigenvalue weighted by molar-refractivity contribution is 0.383. The highest BCUT2D eigenvalue weighted by Gasteiger charge is 2.17. The number of rotatable bonds is 2. The second kappa shape index (κ2) is 6.62. The number of hydrogen-bond acceptors (Lipinski definition) is 1. The molecule has 1 heteroatoms. The van der Waals surface area contributed by atoms with E-state index in [1.54, 1.807) is 0 Å². The first-order chi connectivity index (χ1) is 7.27. The van der Waals surface area contributed by atoms with Gasteiger partial charge < -0.3 is 5.32 Å². The fraction of sp³-hybridized carbons (Fsp3) is 0.571. The summed E-state index contributed by atoms with van der Waals surface area (Å²) in [5.74, 6) is 0. The molecule has 84 valence electrons. The van der Waals surface area contributed by atoms with Crippen molar-refractivity contribution >= 4 is 0 Å². The van der Waals surface area contributed by atoms with Crippen molar-refractivity contribution in [1.82, 2.24) is 5.32 Å². The van der Waals surface area contributed by atoms with Gasteiger partial charge in [-0.15, -0.1) is 0 Å². The SMILES string of the molecule is CCCC.Cc1cccc(C2CCN2)c1. The van der Waals surface area contributed by atoms with E-state index in [9.17, 15) is 0 Å². The Kier molecular flexibility index (Phi) is 5.41. The fourth-order valence-corrected chi connectivity index (χ4v) is 1.46. The van der Waals surface area contributed by atoms with Crippen LogP contribution in [0, 0.1) is 6.92 Å². The van der Waals surface area contributed by atoms with E-state index in [-0.39, 0.29) is 0 Å². The van der Waals surface area contributed by atoms with E-state index in [1.807, 2.05) is 0 Å². The third kappa shape index (κ3) is 4.05. The highest BCUT2D eigenvalue weighted by molar-refractivity contribution is 5.26. The van der Waals surface area contributed by atoms with Gasteiger partial charge in [0.1, 0.15) is 0 Å². The van der Waals surface area contributed by atoms with Crippen LogP contribution in [0.15, 0.2) is 24.3 Å². The van der Waals surface area contributed by atoms with Crippen LogP contribution in [0.25, 0.3) is 0 Å². The molecule has 0 amide bonds. The van der Waals surface area contributed by atoms with Crippen molar-refractivity contribution in [3.63, 3.8) is 0 Å². The van der Waals surface area contributed by atoms with Crippen LogP contribution in [-0.2, 0) is 0 Å². The summed E-state index contributed by atoms with van der Waals surface area (Å²) in [4.78, 5) is 0. The lowest BCUT2D eigenvalue weighted by Crippen LogP contribution is -2.34. The maximum absolute atomic E-state index is 3.39. The Balaban J connectivity index is 0.000000245. The Morgan fingerprint density at radius 2 is 1.93 bits per heavy atom. The number of nitrogens with one attached hydrogen (secondary N) is 1. The summed E-state index contributed by atoms with van der Waals surface area (Å²) >= 11 is 0. The van der Waals surface area contributed by atoms with Gasteiger partial charge in [0, 0.05) is 6.04 Å². The van der Waals surface area contributed by atoms with Gasteiger partial charge in [-0.3, -0.25) is 0 Å². The molecule has 0 bridgehead atoms. The van der Waals surface area contributed by atoms with Crippen molar-refractivity contribution in [1.29, 1.82) is 0 Å². The molecule has 1 atom stereocenters. The number of benzene rings is 1.